The Labute approximate surface area is 106 Å². The SMILES string of the molecule is COc1cc(OC)c2c(c1)c(CCC#N)cn2C. The predicted molar refractivity (Wildman–Crippen MR) is 70.0 cm³/mol. The van der Waals surface area contributed by atoms with Gasteiger partial charge in [0, 0.05) is 31.1 Å². The van der Waals surface area contributed by atoms with Crippen LogP contribution in [0, 0.1) is 11.3 Å². The number of nitriles is 1. The quantitative estimate of drug-likeness (QED) is 0.830. The van der Waals surface area contributed by atoms with Crippen molar-refractivity contribution in [2.75, 3.05) is 14.2 Å². The van der Waals surface area contributed by atoms with Crippen molar-refractivity contribution in [3.8, 4) is 17.6 Å². The van der Waals surface area contributed by atoms with E-state index in [0.717, 1.165) is 34.4 Å². The molecular weight excluding hydrogens is 228 g/mol. The Balaban J connectivity index is 2.64. The highest BCUT2D eigenvalue weighted by atomic mass is 16.5. The van der Waals surface area contributed by atoms with Crippen LogP contribution in [0.25, 0.3) is 10.9 Å². The molecule has 0 fully saturated rings. The number of aryl methyl sites for hydroxylation is 2. The second kappa shape index (κ2) is 5.01. The van der Waals surface area contributed by atoms with Crippen molar-refractivity contribution < 1.29 is 9.47 Å². The second-order valence-corrected chi connectivity index (χ2v) is 4.15. The highest BCUT2D eigenvalue weighted by molar-refractivity contribution is 5.90. The molecule has 0 aliphatic rings. The van der Waals surface area contributed by atoms with Crippen LogP contribution in [0.1, 0.15) is 12.0 Å². The van der Waals surface area contributed by atoms with E-state index < -0.39 is 0 Å². The molecule has 1 aromatic carbocycles. The Bertz CT molecular complexity index is 608. The second-order valence-electron chi connectivity index (χ2n) is 4.15. The molecule has 1 heterocycles. The van der Waals surface area contributed by atoms with Crippen molar-refractivity contribution in [3.05, 3.63) is 23.9 Å². The minimum atomic E-state index is 0.513. The lowest BCUT2D eigenvalue weighted by Gasteiger charge is -2.08. The van der Waals surface area contributed by atoms with Crippen molar-refractivity contribution in [2.45, 2.75) is 12.8 Å². The predicted octanol–water partition coefficient (Wildman–Crippen LogP) is 2.65. The Morgan fingerprint density at radius 3 is 2.67 bits per heavy atom. The summed E-state index contributed by atoms with van der Waals surface area (Å²) in [6.45, 7) is 0. The van der Waals surface area contributed by atoms with Gasteiger partial charge in [-0.2, -0.15) is 5.26 Å². The van der Waals surface area contributed by atoms with Crippen LogP contribution in [-0.2, 0) is 13.5 Å². The summed E-state index contributed by atoms with van der Waals surface area (Å²) in [6.07, 6.45) is 3.30. The zero-order valence-electron chi connectivity index (χ0n) is 10.9. The maximum absolute atomic E-state index is 8.70. The van der Waals surface area contributed by atoms with Crippen LogP contribution in [0.4, 0.5) is 0 Å². The number of nitrogens with zero attached hydrogens (tertiary/aromatic N) is 2. The van der Waals surface area contributed by atoms with E-state index in [1.54, 1.807) is 14.2 Å². The minimum absolute atomic E-state index is 0.513. The molecule has 0 unspecified atom stereocenters. The molecule has 0 radical (unpaired) electrons. The maximum Gasteiger partial charge on any atom is 0.146 e. The third kappa shape index (κ3) is 2.00. The Kier molecular flexibility index (Phi) is 3.42. The first-order chi connectivity index (χ1) is 8.71. The van der Waals surface area contributed by atoms with E-state index in [9.17, 15) is 0 Å². The smallest absolute Gasteiger partial charge is 0.146 e. The summed E-state index contributed by atoms with van der Waals surface area (Å²) in [6, 6.07) is 6.04. The molecule has 2 aromatic rings. The number of rotatable bonds is 4. The lowest BCUT2D eigenvalue weighted by atomic mass is 10.1. The fraction of sp³-hybridized carbons (Fsp3) is 0.357. The van der Waals surface area contributed by atoms with Gasteiger partial charge in [-0.25, -0.2) is 0 Å². The largest absolute Gasteiger partial charge is 0.497 e. The third-order valence-corrected chi connectivity index (χ3v) is 3.06. The topological polar surface area (TPSA) is 47.2 Å². The van der Waals surface area contributed by atoms with Crippen molar-refractivity contribution in [1.29, 1.82) is 5.26 Å². The summed E-state index contributed by atoms with van der Waals surface area (Å²) in [5, 5.41) is 9.79. The monoisotopic (exact) mass is 244 g/mol. The molecule has 0 N–H and O–H groups in total. The van der Waals surface area contributed by atoms with Crippen molar-refractivity contribution in [2.24, 2.45) is 7.05 Å². The van der Waals surface area contributed by atoms with E-state index in [1.165, 1.54) is 0 Å². The molecule has 0 saturated carbocycles. The Morgan fingerprint density at radius 2 is 2.06 bits per heavy atom. The van der Waals surface area contributed by atoms with Gasteiger partial charge in [-0.05, 0) is 18.1 Å². The molecule has 2 rings (SSSR count). The molecule has 0 atom stereocenters. The van der Waals surface area contributed by atoms with Gasteiger partial charge >= 0.3 is 0 Å². The number of methoxy groups -OCH3 is 2. The molecule has 4 nitrogen and oxygen atoms in total. The van der Waals surface area contributed by atoms with Gasteiger partial charge in [-0.1, -0.05) is 0 Å². The zero-order chi connectivity index (χ0) is 13.1. The van der Waals surface area contributed by atoms with Crippen LogP contribution in [0.15, 0.2) is 18.3 Å². The average molecular weight is 244 g/mol. The number of ether oxygens (including phenoxy) is 2. The van der Waals surface area contributed by atoms with Crippen molar-refractivity contribution in [1.82, 2.24) is 4.57 Å². The average Bonchev–Trinajstić information content (AvgIpc) is 2.72. The van der Waals surface area contributed by atoms with E-state index >= 15 is 0 Å². The number of benzene rings is 1. The van der Waals surface area contributed by atoms with Crippen molar-refractivity contribution >= 4 is 10.9 Å². The summed E-state index contributed by atoms with van der Waals surface area (Å²) in [7, 11) is 5.27. The fourth-order valence-corrected chi connectivity index (χ4v) is 2.22. The highest BCUT2D eigenvalue weighted by Gasteiger charge is 2.13. The summed E-state index contributed by atoms with van der Waals surface area (Å²) in [5.74, 6) is 1.55. The van der Waals surface area contributed by atoms with Gasteiger partial charge in [0.15, 0.2) is 0 Å². The van der Waals surface area contributed by atoms with E-state index in [0.29, 0.717) is 6.42 Å². The molecule has 0 saturated heterocycles. The van der Waals surface area contributed by atoms with E-state index in [2.05, 4.69) is 6.07 Å². The molecule has 0 aliphatic carbocycles. The summed E-state index contributed by atoms with van der Waals surface area (Å²) >= 11 is 0. The lowest BCUT2D eigenvalue weighted by Crippen LogP contribution is -1.92. The van der Waals surface area contributed by atoms with Gasteiger partial charge in [-0.15, -0.1) is 0 Å². The number of fused-ring (bicyclic) bond motifs is 1. The molecule has 0 spiro atoms. The fourth-order valence-electron chi connectivity index (χ4n) is 2.22. The summed E-state index contributed by atoms with van der Waals surface area (Å²) in [4.78, 5) is 0. The highest BCUT2D eigenvalue weighted by Crippen LogP contribution is 2.34. The van der Waals surface area contributed by atoms with Crippen molar-refractivity contribution in [3.63, 3.8) is 0 Å². The first kappa shape index (κ1) is 12.3. The van der Waals surface area contributed by atoms with Crippen LogP contribution in [0.2, 0.25) is 0 Å². The van der Waals surface area contributed by atoms with E-state index in [-0.39, 0.29) is 0 Å². The van der Waals surface area contributed by atoms with E-state index in [4.69, 9.17) is 14.7 Å². The summed E-state index contributed by atoms with van der Waals surface area (Å²) in [5.41, 5.74) is 2.18. The van der Waals surface area contributed by atoms with Gasteiger partial charge in [0.05, 0.1) is 25.8 Å². The van der Waals surface area contributed by atoms with E-state index in [1.807, 2.05) is 29.9 Å². The molecule has 0 aliphatic heterocycles. The van der Waals surface area contributed by atoms with Gasteiger partial charge < -0.3 is 14.0 Å². The lowest BCUT2D eigenvalue weighted by molar-refractivity contribution is 0.397. The number of aromatic nitrogens is 1. The van der Waals surface area contributed by atoms with Gasteiger partial charge in [-0.3, -0.25) is 0 Å². The van der Waals surface area contributed by atoms with Gasteiger partial charge in [0.1, 0.15) is 11.5 Å². The standard InChI is InChI=1S/C14H16N2O2/c1-16-9-10(5-4-6-15)12-7-11(17-2)8-13(18-3)14(12)16/h7-9H,4-5H2,1-3H3. The van der Waals surface area contributed by atoms with Crippen LogP contribution in [-0.4, -0.2) is 18.8 Å². The number of hydrogen-bond acceptors (Lipinski definition) is 3. The molecule has 94 valence electrons. The summed E-state index contributed by atoms with van der Waals surface area (Å²) < 4.78 is 12.7. The van der Waals surface area contributed by atoms with Crippen LogP contribution < -0.4 is 9.47 Å². The molecule has 4 heteroatoms. The van der Waals surface area contributed by atoms with Gasteiger partial charge in [0.25, 0.3) is 0 Å². The zero-order valence-corrected chi connectivity index (χ0v) is 10.9. The van der Waals surface area contributed by atoms with Crippen LogP contribution in [0.3, 0.4) is 0 Å². The Hall–Kier alpha value is -2.15. The first-order valence-corrected chi connectivity index (χ1v) is 5.78. The van der Waals surface area contributed by atoms with Crippen LogP contribution in [0.5, 0.6) is 11.5 Å². The minimum Gasteiger partial charge on any atom is -0.497 e. The van der Waals surface area contributed by atoms with Gasteiger partial charge in [0.2, 0.25) is 0 Å². The normalized spacial score (nSPS) is 10.3. The Morgan fingerprint density at radius 1 is 1.28 bits per heavy atom. The molecule has 0 bridgehead atoms. The number of hydrogen-bond donors (Lipinski definition) is 0. The maximum atomic E-state index is 8.70. The molecule has 1 aromatic heterocycles. The molecular formula is C14H16N2O2. The first-order valence-electron chi connectivity index (χ1n) is 5.78. The molecule has 0 amide bonds. The molecule has 18 heavy (non-hydrogen) atoms. The van der Waals surface area contributed by atoms with Crippen LogP contribution >= 0.6 is 0 Å². The third-order valence-electron chi connectivity index (χ3n) is 3.06.